The van der Waals surface area contributed by atoms with Crippen molar-refractivity contribution in [2.75, 3.05) is 7.05 Å². The topological polar surface area (TPSA) is 72.7 Å². The van der Waals surface area contributed by atoms with E-state index in [1.54, 1.807) is 12.1 Å². The number of benzene rings is 1. The first-order chi connectivity index (χ1) is 10.5. The first kappa shape index (κ1) is 15.0. The molecule has 0 spiro atoms. The van der Waals surface area contributed by atoms with E-state index in [4.69, 9.17) is 4.74 Å². The van der Waals surface area contributed by atoms with Crippen LogP contribution >= 0.6 is 0 Å². The molecule has 0 N–H and O–H groups in total. The van der Waals surface area contributed by atoms with E-state index in [-0.39, 0.29) is 24.2 Å². The second-order valence-corrected chi connectivity index (χ2v) is 6.24. The predicted molar refractivity (Wildman–Crippen MR) is 80.5 cm³/mol. The lowest BCUT2D eigenvalue weighted by Crippen LogP contribution is -2.43. The first-order valence-corrected chi connectivity index (χ1v) is 7.67. The van der Waals surface area contributed by atoms with Gasteiger partial charge < -0.3 is 9.64 Å². The number of nitrogens with zero attached hydrogens (tertiary/aromatic N) is 2. The lowest BCUT2D eigenvalue weighted by atomic mass is 10.0. The highest BCUT2D eigenvalue weighted by Crippen LogP contribution is 2.35. The number of esters is 1. The molecule has 3 atom stereocenters. The summed E-state index contributed by atoms with van der Waals surface area (Å²) < 4.78 is 5.59. The van der Waals surface area contributed by atoms with E-state index in [9.17, 15) is 14.9 Å². The molecule has 0 saturated carbocycles. The molecule has 1 aromatic carbocycles. The number of nitro benzene ring substituents is 1. The van der Waals surface area contributed by atoms with Crippen LogP contribution in [0, 0.1) is 10.1 Å². The van der Waals surface area contributed by atoms with Crippen LogP contribution in [0.2, 0.25) is 0 Å². The molecular weight excluding hydrogens is 284 g/mol. The molecule has 6 nitrogen and oxygen atoms in total. The predicted octanol–water partition coefficient (Wildman–Crippen LogP) is 2.31. The Hall–Kier alpha value is -1.95. The van der Waals surface area contributed by atoms with Crippen molar-refractivity contribution in [3.8, 4) is 0 Å². The maximum atomic E-state index is 12.1. The van der Waals surface area contributed by atoms with Gasteiger partial charge in [0.1, 0.15) is 6.10 Å². The van der Waals surface area contributed by atoms with E-state index in [0.29, 0.717) is 17.6 Å². The normalized spacial score (nSPS) is 27.6. The first-order valence-electron chi connectivity index (χ1n) is 7.67. The van der Waals surface area contributed by atoms with E-state index in [1.807, 2.05) is 0 Å². The number of fused-ring (bicyclic) bond motifs is 2. The minimum Gasteiger partial charge on any atom is -0.462 e. The quantitative estimate of drug-likeness (QED) is 0.485. The number of hydrogen-bond acceptors (Lipinski definition) is 5. The van der Waals surface area contributed by atoms with Crippen molar-refractivity contribution in [1.29, 1.82) is 0 Å². The minimum atomic E-state index is -0.455. The Kier molecular flexibility index (Phi) is 4.11. The number of non-ortho nitro benzene ring substituents is 1. The summed E-state index contributed by atoms with van der Waals surface area (Å²) in [7, 11) is 2.14. The van der Waals surface area contributed by atoms with Gasteiger partial charge in [-0.1, -0.05) is 12.1 Å². The van der Waals surface area contributed by atoms with Crippen molar-refractivity contribution in [2.45, 2.75) is 50.3 Å². The van der Waals surface area contributed by atoms with E-state index >= 15 is 0 Å². The van der Waals surface area contributed by atoms with E-state index in [1.165, 1.54) is 25.0 Å². The van der Waals surface area contributed by atoms with E-state index in [2.05, 4.69) is 11.9 Å². The Labute approximate surface area is 129 Å². The molecule has 0 aliphatic carbocycles. The van der Waals surface area contributed by atoms with Gasteiger partial charge in [-0.25, -0.2) is 0 Å². The average molecular weight is 304 g/mol. The smallest absolute Gasteiger partial charge is 0.310 e. The van der Waals surface area contributed by atoms with E-state index in [0.717, 1.165) is 12.8 Å². The van der Waals surface area contributed by atoms with Gasteiger partial charge >= 0.3 is 5.97 Å². The number of hydrogen-bond donors (Lipinski definition) is 0. The van der Waals surface area contributed by atoms with Crippen LogP contribution in [0.15, 0.2) is 24.3 Å². The molecule has 2 fully saturated rings. The van der Waals surface area contributed by atoms with Crippen LogP contribution in [0.5, 0.6) is 0 Å². The summed E-state index contributed by atoms with van der Waals surface area (Å²) in [6, 6.07) is 7.20. The van der Waals surface area contributed by atoms with Crippen LogP contribution in [0.1, 0.15) is 31.2 Å². The number of piperidine rings is 1. The highest BCUT2D eigenvalue weighted by atomic mass is 16.6. The summed E-state index contributed by atoms with van der Waals surface area (Å²) in [5, 5.41) is 10.8. The third-order valence-electron chi connectivity index (χ3n) is 4.82. The maximum absolute atomic E-state index is 12.1. The Morgan fingerprint density at radius 2 is 2.05 bits per heavy atom. The molecule has 2 aliphatic rings. The zero-order valence-electron chi connectivity index (χ0n) is 12.6. The van der Waals surface area contributed by atoms with Gasteiger partial charge in [0.15, 0.2) is 0 Å². The Morgan fingerprint density at radius 1 is 1.36 bits per heavy atom. The van der Waals surface area contributed by atoms with Gasteiger partial charge in [0.25, 0.3) is 5.69 Å². The van der Waals surface area contributed by atoms with Crippen molar-refractivity contribution < 1.29 is 14.5 Å². The van der Waals surface area contributed by atoms with Crippen molar-refractivity contribution in [3.05, 3.63) is 39.9 Å². The van der Waals surface area contributed by atoms with Crippen LogP contribution in [-0.4, -0.2) is 41.0 Å². The number of nitro groups is 1. The molecule has 2 saturated heterocycles. The Morgan fingerprint density at radius 3 is 2.68 bits per heavy atom. The van der Waals surface area contributed by atoms with Gasteiger partial charge in [-0.15, -0.1) is 0 Å². The molecule has 1 unspecified atom stereocenters. The third-order valence-corrected chi connectivity index (χ3v) is 4.82. The second kappa shape index (κ2) is 6.04. The zero-order valence-corrected chi connectivity index (χ0v) is 12.6. The molecule has 6 heteroatoms. The highest BCUT2D eigenvalue weighted by molar-refractivity contribution is 5.73. The molecule has 2 bridgehead atoms. The fourth-order valence-corrected chi connectivity index (χ4v) is 3.63. The largest absolute Gasteiger partial charge is 0.462 e. The van der Waals surface area contributed by atoms with Crippen LogP contribution in [0.25, 0.3) is 0 Å². The summed E-state index contributed by atoms with van der Waals surface area (Å²) in [4.78, 5) is 24.8. The molecule has 2 aliphatic heterocycles. The summed E-state index contributed by atoms with van der Waals surface area (Å²) in [5.41, 5.74) is 0.623. The molecule has 118 valence electrons. The maximum Gasteiger partial charge on any atom is 0.310 e. The van der Waals surface area contributed by atoms with Crippen molar-refractivity contribution in [1.82, 2.24) is 4.90 Å². The third kappa shape index (κ3) is 3.11. The standard InChI is InChI=1S/C16H20N2O4/c1-17-12-5-6-13(17)10-15(9-12)22-16(19)8-11-3-2-4-14(7-11)18(20)21/h2-4,7,12-13,15H,5-6,8-10H2,1H3/t12-,13+,15?. The van der Waals surface area contributed by atoms with Crippen molar-refractivity contribution in [3.63, 3.8) is 0 Å². The highest BCUT2D eigenvalue weighted by Gasteiger charge is 2.39. The fourth-order valence-electron chi connectivity index (χ4n) is 3.63. The Balaban J connectivity index is 1.57. The number of ether oxygens (including phenoxy) is 1. The molecule has 3 rings (SSSR count). The Bertz CT molecular complexity index is 575. The second-order valence-electron chi connectivity index (χ2n) is 6.24. The fraction of sp³-hybridized carbons (Fsp3) is 0.562. The molecule has 2 heterocycles. The van der Waals surface area contributed by atoms with Gasteiger partial charge in [-0.2, -0.15) is 0 Å². The number of rotatable bonds is 4. The average Bonchev–Trinajstić information content (AvgIpc) is 2.70. The summed E-state index contributed by atoms with van der Waals surface area (Å²) >= 11 is 0. The number of carbonyl (C=O) groups excluding carboxylic acids is 1. The molecule has 1 aromatic rings. The van der Waals surface area contributed by atoms with Crippen LogP contribution < -0.4 is 0 Å². The van der Waals surface area contributed by atoms with Crippen molar-refractivity contribution in [2.24, 2.45) is 0 Å². The summed E-state index contributed by atoms with van der Waals surface area (Å²) in [6.45, 7) is 0. The van der Waals surface area contributed by atoms with Gasteiger partial charge in [-0.05, 0) is 38.3 Å². The zero-order chi connectivity index (χ0) is 15.7. The van der Waals surface area contributed by atoms with Crippen molar-refractivity contribution >= 4 is 11.7 Å². The molecule has 0 amide bonds. The lowest BCUT2D eigenvalue weighted by Gasteiger charge is -2.35. The van der Waals surface area contributed by atoms with Gasteiger partial charge in [0.05, 0.1) is 11.3 Å². The molecule has 0 aromatic heterocycles. The van der Waals surface area contributed by atoms with Gasteiger partial charge in [0, 0.05) is 24.2 Å². The monoisotopic (exact) mass is 304 g/mol. The van der Waals surface area contributed by atoms with Crippen LogP contribution in [0.4, 0.5) is 5.69 Å². The molecule has 22 heavy (non-hydrogen) atoms. The minimum absolute atomic E-state index is 0.00244. The summed E-state index contributed by atoms with van der Waals surface area (Å²) in [6.07, 6.45) is 4.23. The summed E-state index contributed by atoms with van der Waals surface area (Å²) in [5.74, 6) is -0.297. The number of carbonyl (C=O) groups is 1. The van der Waals surface area contributed by atoms with E-state index < -0.39 is 4.92 Å². The lowest BCUT2D eigenvalue weighted by molar-refractivity contribution is -0.384. The molecule has 0 radical (unpaired) electrons. The van der Waals surface area contributed by atoms with Crippen LogP contribution in [0.3, 0.4) is 0 Å². The van der Waals surface area contributed by atoms with Crippen LogP contribution in [-0.2, 0) is 16.0 Å². The van der Waals surface area contributed by atoms with Gasteiger partial charge in [0.2, 0.25) is 0 Å². The SMILES string of the molecule is CN1[C@@H]2CC[C@H]1CC(OC(=O)Cc1cccc([N+](=O)[O-])c1)C2. The molecular formula is C16H20N2O4. The van der Waals surface area contributed by atoms with Gasteiger partial charge in [-0.3, -0.25) is 14.9 Å².